The predicted octanol–water partition coefficient (Wildman–Crippen LogP) is 14.0. The molecule has 27 rings (SSSR count). The molecule has 0 fully saturated rings. The van der Waals surface area contributed by atoms with E-state index in [1.54, 1.807) is 109 Å². The second-order valence-corrected chi connectivity index (χ2v) is 40.9. The Balaban J connectivity index is 0.000000120. The van der Waals surface area contributed by atoms with Gasteiger partial charge in [0.05, 0.1) is 29.4 Å². The molecule has 12 aromatic carbocycles. The number of hydrogen-bond acceptors (Lipinski definition) is 36. The number of fused-ring (bicyclic) bond motifs is 60. The fourth-order valence-corrected chi connectivity index (χ4v) is 24.2. The van der Waals surface area contributed by atoms with E-state index in [1.165, 1.54) is 18.2 Å². The Kier molecular flexibility index (Phi) is 21.7. The molecule has 0 radical (unpaired) electrons. The molecule has 146 heavy (non-hydrogen) atoms. The Morgan fingerprint density at radius 1 is 0.151 bits per heavy atom. The van der Waals surface area contributed by atoms with Crippen molar-refractivity contribution in [3.63, 3.8) is 0 Å². The molecule has 6 aliphatic rings. The maximum absolute atomic E-state index is 12.7. The van der Waals surface area contributed by atoms with Crippen LogP contribution in [0.15, 0.2) is 284 Å². The molecule has 42 nitrogen and oxygen atoms in total. The summed E-state index contributed by atoms with van der Waals surface area (Å²) in [6, 6.07) is 71.5. The molecule has 50 heteroatoms. The molecule has 0 saturated heterocycles. The maximum Gasteiger partial charge on any atom is 3.00 e. The minimum atomic E-state index is -5.56. The van der Waals surface area contributed by atoms with E-state index in [1.807, 2.05) is 109 Å². The van der Waals surface area contributed by atoms with Crippen molar-refractivity contribution in [3.05, 3.63) is 255 Å². The Bertz CT molecular complexity index is 9890. The van der Waals surface area contributed by atoms with Gasteiger partial charge in [0.1, 0.15) is 128 Å². The van der Waals surface area contributed by atoms with Gasteiger partial charge < -0.3 is 57.2 Å². The maximum atomic E-state index is 12.7. The van der Waals surface area contributed by atoms with E-state index in [-0.39, 0.29) is 140 Å². The van der Waals surface area contributed by atoms with Gasteiger partial charge in [-0.15, -0.1) is 0 Å². The van der Waals surface area contributed by atoms with Gasteiger partial charge >= 0.3 is 37.1 Å². The van der Waals surface area contributed by atoms with Crippen LogP contribution in [-0.2, 0) is 97.8 Å². The van der Waals surface area contributed by atoms with Crippen molar-refractivity contribution in [2.24, 2.45) is 0 Å². The number of hydrogen-bond donors (Lipinski definition) is 6. The number of aromatic amines is 6. The topological polar surface area (TPSA) is 670 Å². The van der Waals surface area contributed by atoms with Crippen LogP contribution in [0, 0.1) is 0 Å². The van der Waals surface area contributed by atoms with Crippen LogP contribution in [0.3, 0.4) is 0 Å². The summed E-state index contributed by atoms with van der Waals surface area (Å²) in [6.07, 6.45) is 0. The van der Waals surface area contributed by atoms with E-state index in [2.05, 4.69) is 59.8 Å². The number of aromatic nitrogens is 24. The molecule has 0 spiro atoms. The van der Waals surface area contributed by atoms with Gasteiger partial charge in [0, 0.05) is 131 Å². The summed E-state index contributed by atoms with van der Waals surface area (Å²) in [6.45, 7) is 0. The third-order valence-corrected chi connectivity index (χ3v) is 30.3. The number of rotatable bonds is 6. The van der Waals surface area contributed by atoms with Crippen molar-refractivity contribution in [1.82, 2.24) is 120 Å². The molecular formula is C96H48N24O18S6V2. The average molecular weight is 2120 g/mol. The van der Waals surface area contributed by atoms with Gasteiger partial charge in [0.25, 0.3) is 0 Å². The summed E-state index contributed by atoms with van der Waals surface area (Å²) in [5.41, 5.74) is 9.25. The summed E-state index contributed by atoms with van der Waals surface area (Å²) in [7, 11) is -32.9. The summed E-state index contributed by atoms with van der Waals surface area (Å²) < 4.78 is 224. The molecule has 9 aromatic heterocycles. The number of benzene rings is 12. The molecule has 0 aliphatic carbocycles. The number of nitrogens with zero attached hydrogens (tertiary/aromatic N) is 18. The number of nitrogens with one attached hydrogen (secondary N) is 6. The van der Waals surface area contributed by atoms with Crippen molar-refractivity contribution in [1.29, 1.82) is 0 Å². The third kappa shape index (κ3) is 15.6. The summed E-state index contributed by atoms with van der Waals surface area (Å²) in [5, 5.41) is 3.39. The average Bonchev–Trinajstić information content (AvgIpc) is 1.58. The summed E-state index contributed by atoms with van der Waals surface area (Å²) >= 11 is 0. The van der Waals surface area contributed by atoms with Crippen molar-refractivity contribution in [2.75, 3.05) is 0 Å². The third-order valence-electron chi connectivity index (χ3n) is 24.5. The van der Waals surface area contributed by atoms with Gasteiger partial charge in [-0.2, -0.15) is 0 Å². The monoisotopic (exact) mass is 2120 g/mol. The first-order valence-electron chi connectivity index (χ1n) is 42.7. The molecule has 0 saturated carbocycles. The van der Waals surface area contributed by atoms with E-state index in [9.17, 15) is 77.8 Å². The second kappa shape index (κ2) is 34.0. The fraction of sp³-hybridized carbons (Fsp3) is 0. The molecule has 15 heterocycles. The first-order valence-corrected chi connectivity index (χ1v) is 51.2. The molecule has 706 valence electrons. The molecular weight excluding hydrogens is 2070 g/mol. The molecule has 0 unspecified atom stereocenters. The van der Waals surface area contributed by atoms with Crippen LogP contribution in [0.25, 0.3) is 269 Å². The van der Waals surface area contributed by atoms with Gasteiger partial charge in [0.2, 0.25) is 0 Å². The van der Waals surface area contributed by atoms with Gasteiger partial charge in [0.15, 0.2) is 69.9 Å². The standard InChI is InChI=1S/3C32H18N8O6S2.2V/c3*41-47(42,43)22-14-13-21-23(24(22)48(44,45)46)32-39-30-20-12-6-5-11-19(20)28(37-30)35-26-16-8-2-1-7-15(16)25(33-26)34-27-17-9-3-4-10-18(17)29(36-27)38-31(21)40-32;;/h3*1-14H,(H,41,42,43)(H,44,45,46)(H2,33,34,35,36,37,38,39,40);;/q;;;2*+3/p-6. The summed E-state index contributed by atoms with van der Waals surface area (Å²) in [5.74, 6) is 2.63. The van der Waals surface area contributed by atoms with E-state index < -0.39 is 106 Å². The second-order valence-electron chi connectivity index (χ2n) is 32.9. The SMILES string of the molecule is O=S(=O)([O-])c1ccc2c3nc4nc(nc5[nH]c(nc6nc(nc([nH]3)c2c1S(=O)(=O)[O-])-c1ccccc1-6)c1ccccc51)-c1ccccc1-4.O=S(=O)([O-])c1ccc2c3nc4nc(nc5[nH]c(nc6nc(nc([nH]3)c2c1S(=O)(=O)[O-])-c1ccccc1-6)c1ccccc51)-c1ccccc1-4.O=S(=O)([O-])c1ccc2c3nc4nc(nc5[nH]c(nc6nc(nc([nH]3)c2c1S(=O)(=O)[O-])-c1ccccc1-6)c1ccccc51)-c1ccccc1-4.[V+3].[V+3]. The zero-order chi connectivity index (χ0) is 98.8. The first kappa shape index (κ1) is 93.0. The van der Waals surface area contributed by atoms with Crippen LogP contribution in [0.2, 0.25) is 0 Å². The molecule has 6 aliphatic heterocycles. The first-order chi connectivity index (χ1) is 69.1. The Labute approximate surface area is 841 Å². The summed E-state index contributed by atoms with van der Waals surface area (Å²) in [4.78, 5) is 96.6. The molecule has 6 N–H and O–H groups in total. The van der Waals surface area contributed by atoms with Gasteiger partial charge in [-0.3, -0.25) is 0 Å². The molecule has 24 bridgehead atoms. The minimum absolute atomic E-state index is 0. The zero-order valence-electron chi connectivity index (χ0n) is 73.0. The van der Waals surface area contributed by atoms with Crippen molar-refractivity contribution in [2.45, 2.75) is 29.4 Å². The van der Waals surface area contributed by atoms with Gasteiger partial charge in [-0.25, -0.2) is 140 Å². The van der Waals surface area contributed by atoms with E-state index in [4.69, 9.17) is 59.8 Å². The van der Waals surface area contributed by atoms with Crippen LogP contribution in [-0.4, -0.2) is 197 Å². The van der Waals surface area contributed by atoms with Crippen molar-refractivity contribution >= 4 is 193 Å². The van der Waals surface area contributed by atoms with E-state index in [0.717, 1.165) is 50.5 Å². The molecule has 0 amide bonds. The van der Waals surface area contributed by atoms with Crippen LogP contribution in [0.4, 0.5) is 0 Å². The van der Waals surface area contributed by atoms with Crippen LogP contribution in [0.1, 0.15) is 0 Å². The Morgan fingerprint density at radius 3 is 0.425 bits per heavy atom. The molecule has 0 atom stereocenters. The Hall–Kier alpha value is -16.7. The smallest absolute Gasteiger partial charge is 0.744 e. The van der Waals surface area contributed by atoms with Crippen LogP contribution < -0.4 is 0 Å². The van der Waals surface area contributed by atoms with Gasteiger partial charge in [-0.1, -0.05) is 218 Å². The number of H-pyrrole nitrogens is 6. The van der Waals surface area contributed by atoms with E-state index in [0.29, 0.717) is 118 Å². The largest absolute Gasteiger partial charge is 3.00 e. The molecule has 21 aromatic rings. The quantitative estimate of drug-likeness (QED) is 0.0842. The van der Waals surface area contributed by atoms with E-state index >= 15 is 0 Å². The normalized spacial score (nSPS) is 12.5. The Morgan fingerprint density at radius 2 is 0.281 bits per heavy atom. The predicted molar refractivity (Wildman–Crippen MR) is 516 cm³/mol. The fourth-order valence-electron chi connectivity index (χ4n) is 18.4. The van der Waals surface area contributed by atoms with Crippen LogP contribution >= 0.6 is 0 Å². The van der Waals surface area contributed by atoms with Gasteiger partial charge in [-0.05, 0) is 36.4 Å². The zero-order valence-corrected chi connectivity index (χ0v) is 80.7. The van der Waals surface area contributed by atoms with Crippen molar-refractivity contribution in [3.8, 4) is 137 Å². The minimum Gasteiger partial charge on any atom is -0.744 e. The van der Waals surface area contributed by atoms with Crippen molar-refractivity contribution < 1.29 is 115 Å². The van der Waals surface area contributed by atoms with Crippen LogP contribution in [0.5, 0.6) is 0 Å².